The summed E-state index contributed by atoms with van der Waals surface area (Å²) in [6.07, 6.45) is 9.24. The summed E-state index contributed by atoms with van der Waals surface area (Å²) >= 11 is 0. The van der Waals surface area contributed by atoms with Crippen molar-refractivity contribution in [2.24, 2.45) is 39.9 Å². The number of allylic oxidation sites excluding steroid dienone is 1. The highest BCUT2D eigenvalue weighted by Crippen LogP contribution is 2.74. The molecule has 7 rings (SSSR count). The highest BCUT2D eigenvalue weighted by Gasteiger charge is 2.72. The predicted molar refractivity (Wildman–Crippen MR) is 166 cm³/mol. The number of Topliss-reactive ketones (excluding diaryl/α,β-unsaturated/α-hetero) is 1. The second-order valence-corrected chi connectivity index (χ2v) is 14.8. The van der Waals surface area contributed by atoms with Crippen molar-refractivity contribution in [2.75, 3.05) is 14.2 Å². The lowest BCUT2D eigenvalue weighted by atomic mass is 9.44. The number of hydrogen-bond donors (Lipinski definition) is 0. The van der Waals surface area contributed by atoms with Crippen molar-refractivity contribution in [3.63, 3.8) is 0 Å². The Morgan fingerprint density at radius 3 is 2.38 bits per heavy atom. The van der Waals surface area contributed by atoms with Crippen molar-refractivity contribution in [3.8, 4) is 0 Å². The predicted octanol–water partition coefficient (Wildman–Crippen LogP) is 6.13. The van der Waals surface area contributed by atoms with Gasteiger partial charge < -0.3 is 9.47 Å². The van der Waals surface area contributed by atoms with Crippen molar-refractivity contribution in [3.05, 3.63) is 64.5 Å². The molecule has 0 amide bonds. The third-order valence-electron chi connectivity index (χ3n) is 13.4. The minimum Gasteiger partial charge on any atom is -0.465 e. The lowest BCUT2D eigenvalue weighted by Gasteiger charge is -2.60. The van der Waals surface area contributed by atoms with Gasteiger partial charge in [-0.05, 0) is 98.0 Å². The van der Waals surface area contributed by atoms with Crippen LogP contribution in [0.3, 0.4) is 0 Å². The molecule has 8 nitrogen and oxygen atoms in total. The third kappa shape index (κ3) is 4.05. The van der Waals surface area contributed by atoms with E-state index in [9.17, 15) is 19.2 Å². The second kappa shape index (κ2) is 10.5. The molecule has 45 heavy (non-hydrogen) atoms. The Kier molecular flexibility index (Phi) is 7.03. The minimum atomic E-state index is -0.728. The van der Waals surface area contributed by atoms with E-state index < -0.39 is 17.4 Å². The van der Waals surface area contributed by atoms with Gasteiger partial charge in [-0.1, -0.05) is 49.8 Å². The number of aromatic nitrogens is 2. The maximum absolute atomic E-state index is 14.4. The average Bonchev–Trinajstić information content (AvgIpc) is 3.55. The van der Waals surface area contributed by atoms with Gasteiger partial charge in [0.1, 0.15) is 11.3 Å². The highest BCUT2D eigenvalue weighted by molar-refractivity contribution is 6.03. The van der Waals surface area contributed by atoms with E-state index in [0.29, 0.717) is 42.7 Å². The first-order valence-corrected chi connectivity index (χ1v) is 16.6. The first kappa shape index (κ1) is 30.1. The van der Waals surface area contributed by atoms with E-state index in [-0.39, 0.29) is 45.6 Å². The maximum Gasteiger partial charge on any atom is 0.359 e. The smallest absolute Gasteiger partial charge is 0.359 e. The molecule has 1 aromatic heterocycles. The molecule has 8 heteroatoms. The van der Waals surface area contributed by atoms with Gasteiger partial charge in [0.15, 0.2) is 11.5 Å². The first-order chi connectivity index (χ1) is 21.5. The third-order valence-corrected chi connectivity index (χ3v) is 13.4. The van der Waals surface area contributed by atoms with Gasteiger partial charge >= 0.3 is 11.9 Å². The van der Waals surface area contributed by atoms with Crippen LogP contribution in [0.2, 0.25) is 0 Å². The molecule has 0 bridgehead atoms. The Morgan fingerprint density at radius 1 is 0.956 bits per heavy atom. The van der Waals surface area contributed by atoms with Gasteiger partial charge in [0.05, 0.1) is 26.0 Å². The summed E-state index contributed by atoms with van der Waals surface area (Å²) < 4.78 is 12.2. The SMILES string of the molecule is COC(=O)c1nn2c(c1C(=O)OC)C[C@]1(C(C)=O)[C@@H](C[C@H]3[C@@H]4CCC5=CC(=O)CC[C@]5(C)[C@H]4CC[C@@]31C)[C@H]2Cc1ccccc1. The molecule has 0 unspecified atom stereocenters. The zero-order chi connectivity index (χ0) is 31.9. The van der Waals surface area contributed by atoms with Gasteiger partial charge in [-0.15, -0.1) is 0 Å². The van der Waals surface area contributed by atoms with Crippen molar-refractivity contribution in [2.45, 2.75) is 84.6 Å². The molecular formula is C37H44N2O6. The number of hydrogen-bond acceptors (Lipinski definition) is 7. The van der Waals surface area contributed by atoms with Crippen LogP contribution in [0.15, 0.2) is 42.0 Å². The first-order valence-electron chi connectivity index (χ1n) is 16.6. The van der Waals surface area contributed by atoms with Crippen LogP contribution in [-0.4, -0.2) is 47.5 Å². The standard InChI is InChI=1S/C37H44N2O6/c1-21(40)37-20-30-31(33(42)44-4)32(34(43)45-5)38-39(30)29(17-22-9-7-6-8-10-22)28(37)19-27-25-12-11-23-18-24(41)13-15-35(23,2)26(25)14-16-36(27,37)3/h6-10,18,25-29H,11-17,19-20H2,1-5H3/t25-,26+,27+,28+,29-,35+,36+,37+/m1/s1. The summed E-state index contributed by atoms with van der Waals surface area (Å²) in [6, 6.07) is 9.98. The van der Waals surface area contributed by atoms with E-state index in [1.165, 1.54) is 19.8 Å². The zero-order valence-electron chi connectivity index (χ0n) is 27.1. The maximum atomic E-state index is 14.4. The number of benzene rings is 1. The number of methoxy groups -OCH3 is 2. The number of carbonyl (C=O) groups is 4. The molecule has 5 aliphatic rings. The molecule has 1 aliphatic heterocycles. The fraction of sp³-hybridized carbons (Fsp3) is 0.595. The van der Waals surface area contributed by atoms with Crippen molar-refractivity contribution in [1.29, 1.82) is 0 Å². The molecule has 0 radical (unpaired) electrons. The number of esters is 2. The van der Waals surface area contributed by atoms with Gasteiger partial charge in [-0.25, -0.2) is 9.59 Å². The lowest BCUT2D eigenvalue weighted by Crippen LogP contribution is -2.57. The van der Waals surface area contributed by atoms with E-state index in [2.05, 4.69) is 26.0 Å². The normalized spacial score (nSPS) is 36.4. The number of ether oxygens (including phenoxy) is 2. The molecular weight excluding hydrogens is 568 g/mol. The topological polar surface area (TPSA) is 105 Å². The number of carbonyl (C=O) groups excluding carboxylic acids is 4. The largest absolute Gasteiger partial charge is 0.465 e. The molecule has 1 aromatic carbocycles. The highest BCUT2D eigenvalue weighted by atomic mass is 16.5. The van der Waals surface area contributed by atoms with Gasteiger partial charge in [-0.2, -0.15) is 5.10 Å². The Bertz CT molecular complexity index is 1620. The number of ketones is 2. The Morgan fingerprint density at radius 2 is 1.69 bits per heavy atom. The summed E-state index contributed by atoms with van der Waals surface area (Å²) in [5.74, 6) is 0.327. The van der Waals surface area contributed by atoms with Crippen LogP contribution in [0, 0.1) is 39.9 Å². The lowest BCUT2D eigenvalue weighted by molar-refractivity contribution is -0.148. The molecule has 3 fully saturated rings. The van der Waals surface area contributed by atoms with Crippen LogP contribution in [-0.2, 0) is 31.9 Å². The molecule has 0 saturated heterocycles. The van der Waals surface area contributed by atoms with Crippen molar-refractivity contribution >= 4 is 23.5 Å². The Hall–Kier alpha value is -3.55. The van der Waals surface area contributed by atoms with Gasteiger partial charge in [0, 0.05) is 18.3 Å². The van der Waals surface area contributed by atoms with E-state index in [1.54, 1.807) is 6.92 Å². The van der Waals surface area contributed by atoms with Gasteiger partial charge in [-0.3, -0.25) is 14.3 Å². The summed E-state index contributed by atoms with van der Waals surface area (Å²) in [7, 11) is 2.59. The van der Waals surface area contributed by atoms with Crippen LogP contribution < -0.4 is 0 Å². The Labute approximate surface area is 264 Å². The van der Waals surface area contributed by atoms with E-state index >= 15 is 0 Å². The van der Waals surface area contributed by atoms with Gasteiger partial charge in [0.25, 0.3) is 0 Å². The summed E-state index contributed by atoms with van der Waals surface area (Å²) in [5, 5.41) is 4.80. The average molecular weight is 613 g/mol. The number of nitrogens with zero attached hydrogens (tertiary/aromatic N) is 2. The monoisotopic (exact) mass is 612 g/mol. The van der Waals surface area contributed by atoms with Gasteiger partial charge in [0.2, 0.25) is 0 Å². The quantitative estimate of drug-likeness (QED) is 0.374. The van der Waals surface area contributed by atoms with Crippen LogP contribution in [0.25, 0.3) is 0 Å². The molecule has 2 aromatic rings. The van der Waals surface area contributed by atoms with Crippen LogP contribution in [0.4, 0.5) is 0 Å². The van der Waals surface area contributed by atoms with E-state index in [4.69, 9.17) is 14.6 Å². The molecule has 238 valence electrons. The number of rotatable bonds is 5. The molecule has 0 spiro atoms. The summed E-state index contributed by atoms with van der Waals surface area (Å²) in [4.78, 5) is 53.2. The minimum absolute atomic E-state index is 0.0231. The van der Waals surface area contributed by atoms with Crippen LogP contribution in [0.1, 0.15) is 104 Å². The van der Waals surface area contributed by atoms with E-state index in [1.807, 2.05) is 29.0 Å². The van der Waals surface area contributed by atoms with Crippen LogP contribution >= 0.6 is 0 Å². The molecule has 8 atom stereocenters. The van der Waals surface area contributed by atoms with E-state index in [0.717, 1.165) is 44.1 Å². The molecule has 4 aliphatic carbocycles. The molecule has 0 N–H and O–H groups in total. The fourth-order valence-electron chi connectivity index (χ4n) is 11.4. The summed E-state index contributed by atoms with van der Waals surface area (Å²) in [5.41, 5.74) is 2.13. The van der Waals surface area contributed by atoms with Crippen molar-refractivity contribution < 1.29 is 28.7 Å². The summed E-state index contributed by atoms with van der Waals surface area (Å²) in [6.45, 7) is 6.48. The number of fused-ring (bicyclic) bond motifs is 8. The fourth-order valence-corrected chi connectivity index (χ4v) is 11.4. The Balaban J connectivity index is 1.40. The van der Waals surface area contributed by atoms with Crippen molar-refractivity contribution in [1.82, 2.24) is 9.78 Å². The van der Waals surface area contributed by atoms with Crippen LogP contribution in [0.5, 0.6) is 0 Å². The molecule has 3 saturated carbocycles. The second-order valence-electron chi connectivity index (χ2n) is 14.8. The molecule has 2 heterocycles. The zero-order valence-corrected chi connectivity index (χ0v) is 27.1.